The van der Waals surface area contributed by atoms with Crippen LogP contribution >= 0.6 is 11.6 Å². The number of β-lactam (4-membered cyclic amide) rings is 1. The molecule has 1 aliphatic heterocycles. The van der Waals surface area contributed by atoms with Crippen LogP contribution in [0.1, 0.15) is 39.9 Å². The third-order valence-electron chi connectivity index (χ3n) is 7.21. The monoisotopic (exact) mass is 667 g/mol. The summed E-state index contributed by atoms with van der Waals surface area (Å²) in [5.41, 5.74) is 2.21. The first-order valence-corrected chi connectivity index (χ1v) is 15.9. The molecule has 0 spiro atoms. The number of carbonyl (C=O) groups is 3. The number of aryl methyl sites for hydroxylation is 3. The maximum Gasteiger partial charge on any atom is 0.333 e. The molecule has 2 N–H and O–H groups in total. The SMILES string of the molecule is C=C(C)C(C(=O)OCc1cccc(C)c1)N1C(=O)[C@@H](NC(=O)c2c(-c3ccccc3Cl)noc2C)[C@H]1S(=O)(=O)Nc1cc(C)on1. The van der Waals surface area contributed by atoms with Crippen molar-refractivity contribution in [3.8, 4) is 11.3 Å². The van der Waals surface area contributed by atoms with E-state index < -0.39 is 45.3 Å². The second-order valence-corrected chi connectivity index (χ2v) is 13.0. The predicted molar refractivity (Wildman–Crippen MR) is 167 cm³/mol. The number of nitrogens with one attached hydrogen (secondary N) is 2. The Morgan fingerprint density at radius 2 is 1.83 bits per heavy atom. The summed E-state index contributed by atoms with van der Waals surface area (Å²) in [5.74, 6) is -2.36. The van der Waals surface area contributed by atoms with Crippen LogP contribution in [0.2, 0.25) is 5.02 Å². The molecule has 0 saturated carbocycles. The minimum absolute atomic E-state index is 0.0513. The van der Waals surface area contributed by atoms with Crippen LogP contribution in [0.15, 0.2) is 75.8 Å². The molecule has 5 rings (SSSR count). The molecular weight excluding hydrogens is 638 g/mol. The van der Waals surface area contributed by atoms with Crippen LogP contribution in [0.4, 0.5) is 5.82 Å². The van der Waals surface area contributed by atoms with E-state index in [9.17, 15) is 22.8 Å². The Morgan fingerprint density at radius 1 is 1.09 bits per heavy atom. The van der Waals surface area contributed by atoms with Crippen molar-refractivity contribution < 1.29 is 36.6 Å². The maximum absolute atomic E-state index is 13.8. The minimum Gasteiger partial charge on any atom is -0.459 e. The number of nitrogens with zero attached hydrogens (tertiary/aromatic N) is 3. The highest BCUT2D eigenvalue weighted by Crippen LogP contribution is 2.34. The number of benzene rings is 2. The molecule has 2 aromatic heterocycles. The predicted octanol–water partition coefficient (Wildman–Crippen LogP) is 4.30. The molecule has 0 bridgehead atoms. The molecule has 15 heteroatoms. The van der Waals surface area contributed by atoms with Crippen molar-refractivity contribution in [2.45, 2.75) is 51.8 Å². The number of aromatic nitrogens is 2. The third kappa shape index (κ3) is 6.39. The molecule has 3 atom stereocenters. The highest BCUT2D eigenvalue weighted by molar-refractivity contribution is 7.93. The Morgan fingerprint density at radius 3 is 2.48 bits per heavy atom. The van der Waals surface area contributed by atoms with Crippen LogP contribution < -0.4 is 10.0 Å². The van der Waals surface area contributed by atoms with Crippen LogP contribution in [0.25, 0.3) is 11.3 Å². The van der Waals surface area contributed by atoms with Gasteiger partial charge in [-0.3, -0.25) is 14.3 Å². The Balaban J connectivity index is 1.47. The molecule has 1 fully saturated rings. The number of anilines is 1. The van der Waals surface area contributed by atoms with Gasteiger partial charge in [-0.25, -0.2) is 13.2 Å². The summed E-state index contributed by atoms with van der Waals surface area (Å²) in [5, 5.41) is 8.62. The zero-order valence-corrected chi connectivity index (χ0v) is 26.8. The average Bonchev–Trinajstić information content (AvgIpc) is 3.58. The summed E-state index contributed by atoms with van der Waals surface area (Å²) in [4.78, 5) is 41.6. The summed E-state index contributed by atoms with van der Waals surface area (Å²) >= 11 is 6.33. The van der Waals surface area contributed by atoms with E-state index in [0.29, 0.717) is 16.9 Å². The van der Waals surface area contributed by atoms with Crippen molar-refractivity contribution in [3.63, 3.8) is 0 Å². The summed E-state index contributed by atoms with van der Waals surface area (Å²) in [6.07, 6.45) is 0. The summed E-state index contributed by atoms with van der Waals surface area (Å²) < 4.78 is 45.7. The zero-order chi connectivity index (χ0) is 33.3. The first-order valence-electron chi connectivity index (χ1n) is 13.9. The lowest BCUT2D eigenvalue weighted by atomic mass is 9.98. The Hall–Kier alpha value is -4.95. The Labute approximate surface area is 269 Å². The number of carbonyl (C=O) groups excluding carboxylic acids is 3. The number of esters is 1. The summed E-state index contributed by atoms with van der Waals surface area (Å²) in [7, 11) is -4.56. The van der Waals surface area contributed by atoms with Gasteiger partial charge in [0.25, 0.3) is 21.8 Å². The van der Waals surface area contributed by atoms with E-state index in [1.165, 1.54) is 19.9 Å². The van der Waals surface area contributed by atoms with Gasteiger partial charge in [-0.15, -0.1) is 0 Å². The van der Waals surface area contributed by atoms with Gasteiger partial charge in [0.2, 0.25) is 0 Å². The molecule has 0 aliphatic carbocycles. The van der Waals surface area contributed by atoms with E-state index in [2.05, 4.69) is 26.9 Å². The van der Waals surface area contributed by atoms with Gasteiger partial charge in [-0.05, 0) is 44.9 Å². The fourth-order valence-electron chi connectivity index (χ4n) is 5.12. The highest BCUT2D eigenvalue weighted by atomic mass is 35.5. The van der Waals surface area contributed by atoms with E-state index in [-0.39, 0.29) is 40.0 Å². The first-order chi connectivity index (χ1) is 21.8. The van der Waals surface area contributed by atoms with Crippen molar-refractivity contribution in [3.05, 3.63) is 100.0 Å². The molecule has 4 aromatic rings. The van der Waals surface area contributed by atoms with Gasteiger partial charge >= 0.3 is 5.97 Å². The largest absolute Gasteiger partial charge is 0.459 e. The summed E-state index contributed by atoms with van der Waals surface area (Å²) in [6, 6.07) is 12.1. The van der Waals surface area contributed by atoms with Crippen molar-refractivity contribution in [1.82, 2.24) is 20.5 Å². The van der Waals surface area contributed by atoms with Crippen molar-refractivity contribution in [1.29, 1.82) is 0 Å². The number of sulfonamides is 1. The van der Waals surface area contributed by atoms with Gasteiger partial charge in [0, 0.05) is 11.6 Å². The molecular formula is C31H30ClN5O8S. The molecule has 13 nitrogen and oxygen atoms in total. The molecule has 2 aromatic carbocycles. The van der Waals surface area contributed by atoms with Crippen LogP contribution in [0, 0.1) is 20.8 Å². The fraction of sp³-hybridized carbons (Fsp3) is 0.258. The number of halogens is 1. The van der Waals surface area contributed by atoms with Gasteiger partial charge in [-0.2, -0.15) is 0 Å². The maximum atomic E-state index is 13.8. The number of amides is 2. The number of hydrogen-bond acceptors (Lipinski definition) is 10. The van der Waals surface area contributed by atoms with Crippen LogP contribution in [0.5, 0.6) is 0 Å². The number of hydrogen-bond donors (Lipinski definition) is 2. The minimum atomic E-state index is -4.56. The second-order valence-electron chi connectivity index (χ2n) is 10.8. The topological polar surface area (TPSA) is 174 Å². The van der Waals surface area contributed by atoms with Gasteiger partial charge in [0.1, 0.15) is 35.4 Å². The molecule has 46 heavy (non-hydrogen) atoms. The van der Waals surface area contributed by atoms with Gasteiger partial charge < -0.3 is 24.0 Å². The third-order valence-corrected chi connectivity index (χ3v) is 9.17. The fourth-order valence-corrected chi connectivity index (χ4v) is 6.92. The van der Waals surface area contributed by atoms with E-state index in [1.807, 2.05) is 19.1 Å². The van der Waals surface area contributed by atoms with Gasteiger partial charge in [0.15, 0.2) is 17.2 Å². The number of rotatable bonds is 11. The lowest BCUT2D eigenvalue weighted by Crippen LogP contribution is -2.76. The van der Waals surface area contributed by atoms with E-state index in [0.717, 1.165) is 10.5 Å². The van der Waals surface area contributed by atoms with E-state index in [4.69, 9.17) is 25.4 Å². The smallest absolute Gasteiger partial charge is 0.333 e. The molecule has 1 aliphatic rings. The average molecular weight is 668 g/mol. The normalized spacial score (nSPS) is 16.8. The molecule has 1 saturated heterocycles. The standard InChI is InChI=1S/C31H30ClN5O8S/c1-16(2)27(31(40)43-15-20-10-8-9-17(3)13-20)37-29(39)26(30(37)46(41,42)36-23-14-18(4)44-34-23)33-28(38)24-19(5)45-35-25(24)21-11-6-7-12-22(21)32/h6-14,26-27,30H,1,15H2,2-5H3,(H,33,38)(H,34,36)/t26-,27?,30-/m1/s1. The summed E-state index contributed by atoms with van der Waals surface area (Å²) in [6.45, 7) is 10.1. The molecule has 0 radical (unpaired) electrons. The van der Waals surface area contributed by atoms with Gasteiger partial charge in [0.05, 0.1) is 5.02 Å². The lowest BCUT2D eigenvalue weighted by Gasteiger charge is -2.48. The highest BCUT2D eigenvalue weighted by Gasteiger charge is 2.60. The number of likely N-dealkylation sites (tertiary alicyclic amines) is 1. The zero-order valence-electron chi connectivity index (χ0n) is 25.2. The molecule has 1 unspecified atom stereocenters. The van der Waals surface area contributed by atoms with Crippen molar-refractivity contribution in [2.75, 3.05) is 4.72 Å². The first kappa shape index (κ1) is 32.4. The van der Waals surface area contributed by atoms with Crippen LogP contribution in [0.3, 0.4) is 0 Å². The van der Waals surface area contributed by atoms with E-state index >= 15 is 0 Å². The van der Waals surface area contributed by atoms with Crippen LogP contribution in [-0.4, -0.2) is 58.9 Å². The second kappa shape index (κ2) is 12.8. The molecule has 2 amide bonds. The number of ether oxygens (including phenoxy) is 1. The molecule has 3 heterocycles. The van der Waals surface area contributed by atoms with Crippen molar-refractivity contribution in [2.24, 2.45) is 0 Å². The quantitative estimate of drug-likeness (QED) is 0.133. The Kier molecular flexibility index (Phi) is 9.03. The van der Waals surface area contributed by atoms with Crippen LogP contribution in [-0.2, 0) is 31.0 Å². The Bertz CT molecular complexity index is 1950. The van der Waals surface area contributed by atoms with E-state index in [1.54, 1.807) is 43.3 Å². The lowest BCUT2D eigenvalue weighted by molar-refractivity contribution is -0.163. The molecule has 240 valence electrons. The van der Waals surface area contributed by atoms with Gasteiger partial charge in [-0.1, -0.05) is 76.5 Å². The van der Waals surface area contributed by atoms with Crippen molar-refractivity contribution >= 4 is 45.2 Å².